The van der Waals surface area contributed by atoms with Gasteiger partial charge in [-0.15, -0.1) is 0 Å². The highest BCUT2D eigenvalue weighted by atomic mass is 79.9. The second kappa shape index (κ2) is 8.17. The van der Waals surface area contributed by atoms with Crippen LogP contribution in [0.2, 0.25) is 0 Å². The minimum atomic E-state index is -0.100. The van der Waals surface area contributed by atoms with Crippen molar-refractivity contribution in [3.8, 4) is 5.75 Å². The quantitative estimate of drug-likeness (QED) is 0.805. The maximum atomic E-state index is 11.5. The van der Waals surface area contributed by atoms with E-state index in [2.05, 4.69) is 35.1 Å². The molecule has 0 heterocycles. The van der Waals surface area contributed by atoms with Gasteiger partial charge in [0, 0.05) is 11.0 Å². The number of amides is 1. The molecule has 3 N–H and O–H groups in total. The normalized spacial score (nSPS) is 10.6. The van der Waals surface area contributed by atoms with Gasteiger partial charge in [0.15, 0.2) is 6.61 Å². The van der Waals surface area contributed by atoms with E-state index in [1.165, 1.54) is 0 Å². The molecule has 1 rings (SSSR count). The number of hydrogen-bond donors (Lipinski definition) is 2. The summed E-state index contributed by atoms with van der Waals surface area (Å²) in [4.78, 5) is 11.5. The lowest BCUT2D eigenvalue weighted by atomic mass is 10.1. The van der Waals surface area contributed by atoms with E-state index in [9.17, 15) is 4.79 Å². The fraction of sp³-hybridized carbons (Fsp3) is 0.500. The molecule has 0 saturated heterocycles. The number of rotatable bonds is 7. The van der Waals surface area contributed by atoms with Crippen LogP contribution >= 0.6 is 15.9 Å². The zero-order valence-electron chi connectivity index (χ0n) is 11.4. The third-order valence-corrected chi connectivity index (χ3v) is 3.28. The van der Waals surface area contributed by atoms with Gasteiger partial charge in [0.2, 0.25) is 0 Å². The van der Waals surface area contributed by atoms with Crippen molar-refractivity contribution >= 4 is 21.8 Å². The van der Waals surface area contributed by atoms with Crippen LogP contribution in [0.1, 0.15) is 19.4 Å². The Labute approximate surface area is 122 Å². The summed E-state index contributed by atoms with van der Waals surface area (Å²) in [7, 11) is 0. The smallest absolute Gasteiger partial charge is 0.257 e. The molecule has 106 valence electrons. The highest BCUT2D eigenvalue weighted by molar-refractivity contribution is 9.10. The maximum Gasteiger partial charge on any atom is 0.257 e. The summed E-state index contributed by atoms with van der Waals surface area (Å²) < 4.78 is 6.48. The van der Waals surface area contributed by atoms with E-state index < -0.39 is 0 Å². The van der Waals surface area contributed by atoms with E-state index in [0.29, 0.717) is 24.8 Å². The molecule has 0 aliphatic carbocycles. The van der Waals surface area contributed by atoms with E-state index in [1.54, 1.807) is 0 Å². The largest absolute Gasteiger partial charge is 0.484 e. The predicted molar refractivity (Wildman–Crippen MR) is 80.2 cm³/mol. The van der Waals surface area contributed by atoms with Crippen molar-refractivity contribution in [2.24, 2.45) is 11.7 Å². The number of halogens is 1. The summed E-state index contributed by atoms with van der Waals surface area (Å²) in [6, 6.07) is 5.65. The summed E-state index contributed by atoms with van der Waals surface area (Å²) in [6.45, 7) is 5.39. The molecule has 0 unspecified atom stereocenters. The Morgan fingerprint density at radius 1 is 1.47 bits per heavy atom. The molecule has 1 aromatic carbocycles. The summed E-state index contributed by atoms with van der Waals surface area (Å²) in [6.07, 6.45) is 0.775. The topological polar surface area (TPSA) is 64.3 Å². The molecule has 0 radical (unpaired) electrons. The molecule has 1 aromatic rings. The van der Waals surface area contributed by atoms with Crippen molar-refractivity contribution in [2.75, 3.05) is 19.7 Å². The van der Waals surface area contributed by atoms with Gasteiger partial charge in [-0.2, -0.15) is 0 Å². The van der Waals surface area contributed by atoms with Gasteiger partial charge in [0.1, 0.15) is 5.75 Å². The van der Waals surface area contributed by atoms with Crippen LogP contribution in [0, 0.1) is 5.92 Å². The van der Waals surface area contributed by atoms with Crippen LogP contribution in [0.5, 0.6) is 5.75 Å². The fourth-order valence-electron chi connectivity index (χ4n) is 1.51. The lowest BCUT2D eigenvalue weighted by Gasteiger charge is -2.10. The number of carbonyl (C=O) groups is 1. The Hall–Kier alpha value is -1.07. The monoisotopic (exact) mass is 328 g/mol. The Morgan fingerprint density at radius 3 is 2.84 bits per heavy atom. The van der Waals surface area contributed by atoms with Gasteiger partial charge in [0.05, 0.1) is 0 Å². The van der Waals surface area contributed by atoms with Crippen molar-refractivity contribution in [2.45, 2.75) is 20.3 Å². The first-order valence-corrected chi connectivity index (χ1v) is 7.20. The lowest BCUT2D eigenvalue weighted by Crippen LogP contribution is -2.31. The van der Waals surface area contributed by atoms with Gasteiger partial charge < -0.3 is 15.8 Å². The standard InChI is InChI=1S/C14H21BrN2O2/c1-10(2)8-17-14(18)9-19-12-3-4-13(15)11(7-12)5-6-16/h3-4,7,10H,5-6,8-9,16H2,1-2H3,(H,17,18). The molecule has 0 fully saturated rings. The summed E-state index contributed by atoms with van der Waals surface area (Å²) >= 11 is 3.46. The Morgan fingerprint density at radius 2 is 2.21 bits per heavy atom. The third kappa shape index (κ3) is 6.07. The number of nitrogens with one attached hydrogen (secondary N) is 1. The van der Waals surface area contributed by atoms with Gasteiger partial charge in [-0.05, 0) is 42.6 Å². The zero-order valence-corrected chi connectivity index (χ0v) is 13.0. The highest BCUT2D eigenvalue weighted by Gasteiger charge is 2.05. The van der Waals surface area contributed by atoms with Crippen molar-refractivity contribution in [3.05, 3.63) is 28.2 Å². The Bertz CT molecular complexity index is 422. The van der Waals surface area contributed by atoms with Crippen LogP contribution in [0.3, 0.4) is 0 Å². The molecule has 5 heteroatoms. The number of benzene rings is 1. The van der Waals surface area contributed by atoms with Crippen LogP contribution < -0.4 is 15.8 Å². The van der Waals surface area contributed by atoms with Gasteiger partial charge >= 0.3 is 0 Å². The molecular formula is C14H21BrN2O2. The molecule has 0 bridgehead atoms. The van der Waals surface area contributed by atoms with E-state index in [1.807, 2.05) is 18.2 Å². The predicted octanol–water partition coefficient (Wildman–Crippen LogP) is 2.10. The molecule has 0 spiro atoms. The minimum Gasteiger partial charge on any atom is -0.484 e. The summed E-state index contributed by atoms with van der Waals surface area (Å²) in [5.41, 5.74) is 6.63. The van der Waals surface area contributed by atoms with Crippen LogP contribution in [0.25, 0.3) is 0 Å². The molecule has 0 aliphatic rings. The van der Waals surface area contributed by atoms with Gasteiger partial charge in [-0.25, -0.2) is 0 Å². The summed E-state index contributed by atoms with van der Waals surface area (Å²) in [5, 5.41) is 2.81. The van der Waals surface area contributed by atoms with Crippen LogP contribution in [0.15, 0.2) is 22.7 Å². The molecular weight excluding hydrogens is 308 g/mol. The molecule has 4 nitrogen and oxygen atoms in total. The van der Waals surface area contributed by atoms with Crippen LogP contribution in [-0.2, 0) is 11.2 Å². The Balaban J connectivity index is 2.49. The average molecular weight is 329 g/mol. The second-order valence-corrected chi connectivity index (χ2v) is 5.63. The highest BCUT2D eigenvalue weighted by Crippen LogP contribution is 2.22. The van der Waals surface area contributed by atoms with E-state index in [0.717, 1.165) is 16.5 Å². The van der Waals surface area contributed by atoms with Crippen LogP contribution in [-0.4, -0.2) is 25.6 Å². The zero-order chi connectivity index (χ0) is 14.3. The van der Waals surface area contributed by atoms with Gasteiger partial charge in [-0.3, -0.25) is 4.79 Å². The minimum absolute atomic E-state index is 0.0381. The number of nitrogens with two attached hydrogens (primary N) is 1. The van der Waals surface area contributed by atoms with E-state index in [4.69, 9.17) is 10.5 Å². The van der Waals surface area contributed by atoms with Crippen molar-refractivity contribution in [3.63, 3.8) is 0 Å². The maximum absolute atomic E-state index is 11.5. The molecule has 0 aromatic heterocycles. The first kappa shape index (κ1) is 16.0. The van der Waals surface area contributed by atoms with Gasteiger partial charge in [-0.1, -0.05) is 29.8 Å². The Kier molecular flexibility index (Phi) is 6.87. The van der Waals surface area contributed by atoms with E-state index >= 15 is 0 Å². The molecule has 0 aliphatic heterocycles. The molecule has 1 amide bonds. The fourth-order valence-corrected chi connectivity index (χ4v) is 1.95. The van der Waals surface area contributed by atoms with Crippen LogP contribution in [0.4, 0.5) is 0 Å². The number of carbonyl (C=O) groups excluding carboxylic acids is 1. The number of hydrogen-bond acceptors (Lipinski definition) is 3. The van der Waals surface area contributed by atoms with E-state index in [-0.39, 0.29) is 12.5 Å². The average Bonchev–Trinajstić information content (AvgIpc) is 2.37. The first-order chi connectivity index (χ1) is 9.02. The lowest BCUT2D eigenvalue weighted by molar-refractivity contribution is -0.123. The second-order valence-electron chi connectivity index (χ2n) is 4.78. The molecule has 19 heavy (non-hydrogen) atoms. The van der Waals surface area contributed by atoms with Gasteiger partial charge in [0.25, 0.3) is 5.91 Å². The molecule has 0 saturated carbocycles. The molecule has 0 atom stereocenters. The SMILES string of the molecule is CC(C)CNC(=O)COc1ccc(Br)c(CCN)c1. The first-order valence-electron chi connectivity index (χ1n) is 6.41. The number of ether oxygens (including phenoxy) is 1. The van der Waals surface area contributed by atoms with Crippen molar-refractivity contribution in [1.29, 1.82) is 0 Å². The van der Waals surface area contributed by atoms with Crippen molar-refractivity contribution in [1.82, 2.24) is 5.32 Å². The summed E-state index contributed by atoms with van der Waals surface area (Å²) in [5.74, 6) is 1.02. The third-order valence-electron chi connectivity index (χ3n) is 2.51. The van der Waals surface area contributed by atoms with Crippen molar-refractivity contribution < 1.29 is 9.53 Å².